The molecule has 0 unspecified atom stereocenters. The van der Waals surface area contributed by atoms with E-state index in [-0.39, 0.29) is 5.82 Å². The highest BCUT2D eigenvalue weighted by molar-refractivity contribution is 5.20. The molecule has 19 heavy (non-hydrogen) atoms. The Kier molecular flexibility index (Phi) is 3.55. The number of nitrogens with one attached hydrogen (secondary N) is 1. The van der Waals surface area contributed by atoms with E-state index in [2.05, 4.69) is 15.5 Å². The fraction of sp³-hybridized carbons (Fsp3) is 0.429. The van der Waals surface area contributed by atoms with Crippen LogP contribution in [0.4, 0.5) is 4.39 Å². The van der Waals surface area contributed by atoms with E-state index < -0.39 is 0 Å². The molecule has 3 rings (SSSR count). The number of aromatic nitrogens is 2. The Morgan fingerprint density at radius 3 is 2.95 bits per heavy atom. The van der Waals surface area contributed by atoms with Gasteiger partial charge >= 0.3 is 0 Å². The summed E-state index contributed by atoms with van der Waals surface area (Å²) in [6.07, 6.45) is 2.99. The van der Waals surface area contributed by atoms with Crippen LogP contribution >= 0.6 is 0 Å². The molecular formula is C14H16FN3O. The highest BCUT2D eigenvalue weighted by Gasteiger charge is 2.20. The second-order valence-electron chi connectivity index (χ2n) is 4.95. The maximum Gasteiger partial charge on any atom is 0.240 e. The second-order valence-corrected chi connectivity index (χ2v) is 4.95. The van der Waals surface area contributed by atoms with E-state index in [0.717, 1.165) is 12.5 Å². The molecule has 1 N–H and O–H groups in total. The number of benzene rings is 1. The standard InChI is InChI=1S/C14H16FN3O/c15-12-4-2-1-3-11(12)7-13-17-14(19-18-13)9-16-8-10-5-6-10/h1-4,10,16H,5-9H2. The Balaban J connectivity index is 1.56. The van der Waals surface area contributed by atoms with Crippen LogP contribution in [-0.2, 0) is 13.0 Å². The molecule has 0 saturated heterocycles. The van der Waals surface area contributed by atoms with Crippen LogP contribution in [0.25, 0.3) is 0 Å². The molecule has 0 atom stereocenters. The number of rotatable bonds is 6. The lowest BCUT2D eigenvalue weighted by molar-refractivity contribution is 0.362. The molecule has 0 spiro atoms. The third kappa shape index (κ3) is 3.38. The van der Waals surface area contributed by atoms with E-state index in [1.807, 2.05) is 0 Å². The van der Waals surface area contributed by atoms with Crippen LogP contribution in [0, 0.1) is 11.7 Å². The maximum absolute atomic E-state index is 13.5. The van der Waals surface area contributed by atoms with E-state index in [1.165, 1.54) is 18.9 Å². The molecule has 1 aromatic carbocycles. The zero-order valence-corrected chi connectivity index (χ0v) is 10.6. The average Bonchev–Trinajstić information content (AvgIpc) is 3.12. The average molecular weight is 261 g/mol. The summed E-state index contributed by atoms with van der Waals surface area (Å²) >= 11 is 0. The van der Waals surface area contributed by atoms with Crippen LogP contribution in [0.3, 0.4) is 0 Å². The van der Waals surface area contributed by atoms with Crippen molar-refractivity contribution >= 4 is 0 Å². The smallest absolute Gasteiger partial charge is 0.240 e. The minimum atomic E-state index is -0.235. The predicted molar refractivity (Wildman–Crippen MR) is 67.9 cm³/mol. The van der Waals surface area contributed by atoms with Crippen molar-refractivity contribution in [2.75, 3.05) is 6.54 Å². The molecule has 1 aliphatic carbocycles. The molecule has 1 heterocycles. The predicted octanol–water partition coefficient (Wildman–Crippen LogP) is 2.30. The van der Waals surface area contributed by atoms with E-state index in [1.54, 1.807) is 18.2 Å². The van der Waals surface area contributed by atoms with Crippen LogP contribution in [0.1, 0.15) is 30.1 Å². The molecule has 5 heteroatoms. The van der Waals surface area contributed by atoms with Crippen molar-refractivity contribution in [3.05, 3.63) is 47.4 Å². The highest BCUT2D eigenvalue weighted by atomic mass is 19.1. The summed E-state index contributed by atoms with van der Waals surface area (Å²) in [5, 5.41) is 7.16. The van der Waals surface area contributed by atoms with Gasteiger partial charge in [-0.2, -0.15) is 4.98 Å². The summed E-state index contributed by atoms with van der Waals surface area (Å²) in [5.74, 6) is 1.67. The van der Waals surface area contributed by atoms with Crippen molar-refractivity contribution in [2.45, 2.75) is 25.8 Å². The van der Waals surface area contributed by atoms with Crippen LogP contribution in [0.2, 0.25) is 0 Å². The lowest BCUT2D eigenvalue weighted by Gasteiger charge is -1.98. The van der Waals surface area contributed by atoms with Crippen LogP contribution in [0.5, 0.6) is 0 Å². The lowest BCUT2D eigenvalue weighted by Crippen LogP contribution is -2.16. The van der Waals surface area contributed by atoms with Gasteiger partial charge in [0.25, 0.3) is 0 Å². The van der Waals surface area contributed by atoms with Crippen molar-refractivity contribution in [1.29, 1.82) is 0 Å². The van der Waals surface area contributed by atoms with Gasteiger partial charge in [0, 0.05) is 6.42 Å². The molecule has 1 aliphatic rings. The van der Waals surface area contributed by atoms with E-state index in [0.29, 0.717) is 30.2 Å². The largest absolute Gasteiger partial charge is 0.338 e. The van der Waals surface area contributed by atoms with Crippen molar-refractivity contribution < 1.29 is 8.91 Å². The normalized spacial score (nSPS) is 14.8. The summed E-state index contributed by atoms with van der Waals surface area (Å²) in [5.41, 5.74) is 0.584. The Morgan fingerprint density at radius 1 is 1.32 bits per heavy atom. The molecule has 0 radical (unpaired) electrons. The van der Waals surface area contributed by atoms with Gasteiger partial charge in [0.15, 0.2) is 5.82 Å². The zero-order valence-electron chi connectivity index (χ0n) is 10.6. The Hall–Kier alpha value is -1.75. The third-order valence-electron chi connectivity index (χ3n) is 3.22. The molecular weight excluding hydrogens is 245 g/mol. The van der Waals surface area contributed by atoms with Gasteiger partial charge in [0.05, 0.1) is 6.54 Å². The quantitative estimate of drug-likeness (QED) is 0.867. The van der Waals surface area contributed by atoms with Gasteiger partial charge in [0.1, 0.15) is 5.82 Å². The first-order valence-electron chi connectivity index (χ1n) is 6.57. The highest BCUT2D eigenvalue weighted by Crippen LogP contribution is 2.27. The van der Waals surface area contributed by atoms with Crippen molar-refractivity contribution in [2.24, 2.45) is 5.92 Å². The number of hydrogen-bond donors (Lipinski definition) is 1. The minimum absolute atomic E-state index is 0.235. The maximum atomic E-state index is 13.5. The topological polar surface area (TPSA) is 51.0 Å². The summed E-state index contributed by atoms with van der Waals surface area (Å²) in [7, 11) is 0. The first-order chi connectivity index (χ1) is 9.31. The lowest BCUT2D eigenvalue weighted by atomic mass is 10.1. The van der Waals surface area contributed by atoms with Gasteiger partial charge in [-0.05, 0) is 36.9 Å². The first kappa shape index (κ1) is 12.3. The first-order valence-corrected chi connectivity index (χ1v) is 6.57. The van der Waals surface area contributed by atoms with Crippen LogP contribution < -0.4 is 5.32 Å². The monoisotopic (exact) mass is 261 g/mol. The summed E-state index contributed by atoms with van der Waals surface area (Å²) in [4.78, 5) is 4.26. The minimum Gasteiger partial charge on any atom is -0.338 e. The molecule has 1 saturated carbocycles. The van der Waals surface area contributed by atoms with Crippen molar-refractivity contribution in [3.8, 4) is 0 Å². The third-order valence-corrected chi connectivity index (χ3v) is 3.22. The summed E-state index contributed by atoms with van der Waals surface area (Å²) in [6, 6.07) is 6.64. The van der Waals surface area contributed by atoms with Gasteiger partial charge < -0.3 is 9.84 Å². The molecule has 1 aromatic heterocycles. The van der Waals surface area contributed by atoms with Gasteiger partial charge in [-0.25, -0.2) is 4.39 Å². The van der Waals surface area contributed by atoms with E-state index in [4.69, 9.17) is 4.52 Å². The molecule has 100 valence electrons. The zero-order chi connectivity index (χ0) is 13.1. The van der Waals surface area contributed by atoms with Gasteiger partial charge in [0.2, 0.25) is 5.89 Å². The number of hydrogen-bond acceptors (Lipinski definition) is 4. The SMILES string of the molecule is Fc1ccccc1Cc1noc(CNCC2CC2)n1. The molecule has 0 bridgehead atoms. The molecule has 4 nitrogen and oxygen atoms in total. The van der Waals surface area contributed by atoms with Crippen LogP contribution in [-0.4, -0.2) is 16.7 Å². The summed E-state index contributed by atoms with van der Waals surface area (Å²) in [6.45, 7) is 1.59. The Bertz CT molecular complexity index is 551. The van der Waals surface area contributed by atoms with Gasteiger partial charge in [-0.15, -0.1) is 0 Å². The molecule has 0 aliphatic heterocycles. The summed E-state index contributed by atoms with van der Waals surface area (Å²) < 4.78 is 18.6. The molecule has 0 amide bonds. The van der Waals surface area contributed by atoms with E-state index >= 15 is 0 Å². The fourth-order valence-corrected chi connectivity index (χ4v) is 1.95. The molecule has 2 aromatic rings. The Labute approximate surface area is 111 Å². The number of nitrogens with zero attached hydrogens (tertiary/aromatic N) is 2. The van der Waals surface area contributed by atoms with Gasteiger partial charge in [-0.1, -0.05) is 23.4 Å². The van der Waals surface area contributed by atoms with E-state index in [9.17, 15) is 4.39 Å². The molecule has 1 fully saturated rings. The van der Waals surface area contributed by atoms with Crippen LogP contribution in [0.15, 0.2) is 28.8 Å². The number of halogens is 1. The van der Waals surface area contributed by atoms with Crippen molar-refractivity contribution in [1.82, 2.24) is 15.5 Å². The second kappa shape index (κ2) is 5.48. The Morgan fingerprint density at radius 2 is 2.16 bits per heavy atom. The fourth-order valence-electron chi connectivity index (χ4n) is 1.95. The van der Waals surface area contributed by atoms with Crippen molar-refractivity contribution in [3.63, 3.8) is 0 Å². The van der Waals surface area contributed by atoms with Gasteiger partial charge in [-0.3, -0.25) is 0 Å².